The highest BCUT2D eigenvalue weighted by Crippen LogP contribution is 2.54. The van der Waals surface area contributed by atoms with Crippen LogP contribution in [0.1, 0.15) is 87.5 Å². The lowest BCUT2D eigenvalue weighted by Crippen LogP contribution is -2.17. The zero-order valence-electron chi connectivity index (χ0n) is 28.7. The van der Waals surface area contributed by atoms with Gasteiger partial charge in [-0.1, -0.05) is 125 Å². The number of hydrogen-bond donors (Lipinski definition) is 0. The van der Waals surface area contributed by atoms with Crippen molar-refractivity contribution >= 4 is 27.8 Å². The van der Waals surface area contributed by atoms with E-state index in [1.165, 1.54) is 98.0 Å². The van der Waals surface area contributed by atoms with Crippen LogP contribution in [-0.4, -0.2) is 0 Å². The average molecular weight is 624 g/mol. The first kappa shape index (κ1) is 29.5. The molecular weight excluding hydrogens is 579 g/mol. The Labute approximate surface area is 286 Å². The van der Waals surface area contributed by atoms with Crippen molar-refractivity contribution < 1.29 is 0 Å². The van der Waals surface area contributed by atoms with Crippen LogP contribution in [0.3, 0.4) is 0 Å². The van der Waals surface area contributed by atoms with Crippen LogP contribution in [0.5, 0.6) is 0 Å². The lowest BCUT2D eigenvalue weighted by atomic mass is 9.82. The molecule has 0 saturated heterocycles. The van der Waals surface area contributed by atoms with Gasteiger partial charge in [0.15, 0.2) is 0 Å². The maximum absolute atomic E-state index is 2.54. The lowest BCUT2D eigenvalue weighted by molar-refractivity contribution is 0.420. The Morgan fingerprint density at radius 3 is 1.98 bits per heavy atom. The molecule has 6 aromatic rings. The molecule has 3 atom stereocenters. The second-order valence-electron chi connectivity index (χ2n) is 15.6. The zero-order valence-corrected chi connectivity index (χ0v) is 28.7. The molecule has 48 heavy (non-hydrogen) atoms. The summed E-state index contributed by atoms with van der Waals surface area (Å²) in [5, 5.41) is 2.53. The second kappa shape index (κ2) is 11.2. The maximum Gasteiger partial charge on any atom is 0.0546 e. The maximum atomic E-state index is 2.54. The zero-order chi connectivity index (χ0) is 32.6. The second-order valence-corrected chi connectivity index (χ2v) is 15.6. The SMILES string of the molecule is CC(C)c1ccccc1-c1cc2ccccc2cc1N(c1ccc(C2CC3CCC2C3)cc1)c1ccc2c(c1)C(C)(C)c1ccccc1-2. The summed E-state index contributed by atoms with van der Waals surface area (Å²) in [6, 6.07) is 48.6. The van der Waals surface area contributed by atoms with Crippen molar-refractivity contribution in [1.82, 2.24) is 0 Å². The third-order valence-electron chi connectivity index (χ3n) is 12.1. The van der Waals surface area contributed by atoms with Gasteiger partial charge in [0.05, 0.1) is 5.69 Å². The van der Waals surface area contributed by atoms with Gasteiger partial charge < -0.3 is 4.90 Å². The molecule has 9 rings (SSSR count). The quantitative estimate of drug-likeness (QED) is 0.178. The molecule has 6 aromatic carbocycles. The van der Waals surface area contributed by atoms with Gasteiger partial charge in [-0.2, -0.15) is 0 Å². The topological polar surface area (TPSA) is 3.24 Å². The summed E-state index contributed by atoms with van der Waals surface area (Å²) in [7, 11) is 0. The summed E-state index contributed by atoms with van der Waals surface area (Å²) in [6.45, 7) is 9.39. The van der Waals surface area contributed by atoms with E-state index >= 15 is 0 Å². The van der Waals surface area contributed by atoms with Gasteiger partial charge in [0.25, 0.3) is 0 Å². The van der Waals surface area contributed by atoms with Crippen LogP contribution >= 0.6 is 0 Å². The Morgan fingerprint density at radius 1 is 0.583 bits per heavy atom. The molecule has 0 heterocycles. The van der Waals surface area contributed by atoms with Crippen LogP contribution in [0.2, 0.25) is 0 Å². The lowest BCUT2D eigenvalue weighted by Gasteiger charge is -2.31. The fourth-order valence-electron chi connectivity index (χ4n) is 9.66. The van der Waals surface area contributed by atoms with E-state index in [-0.39, 0.29) is 5.41 Å². The van der Waals surface area contributed by atoms with Gasteiger partial charge >= 0.3 is 0 Å². The molecule has 1 heteroatoms. The van der Waals surface area contributed by atoms with Crippen LogP contribution in [-0.2, 0) is 5.41 Å². The first-order valence-electron chi connectivity index (χ1n) is 18.1. The molecule has 0 aromatic heterocycles. The average Bonchev–Trinajstić information content (AvgIpc) is 3.81. The minimum absolute atomic E-state index is 0.0737. The summed E-state index contributed by atoms with van der Waals surface area (Å²) < 4.78 is 0. The van der Waals surface area contributed by atoms with Crippen LogP contribution in [0.4, 0.5) is 17.1 Å². The molecule has 0 spiro atoms. The van der Waals surface area contributed by atoms with Gasteiger partial charge in [-0.05, 0) is 129 Å². The van der Waals surface area contributed by atoms with Gasteiger partial charge in [0.2, 0.25) is 0 Å². The Kier molecular flexibility index (Phi) is 6.91. The Bertz CT molecular complexity index is 2170. The van der Waals surface area contributed by atoms with Gasteiger partial charge in [-0.25, -0.2) is 0 Å². The van der Waals surface area contributed by atoms with Crippen LogP contribution in [0.15, 0.2) is 127 Å². The highest BCUT2D eigenvalue weighted by atomic mass is 15.1. The number of anilines is 3. The molecule has 2 saturated carbocycles. The highest BCUT2D eigenvalue weighted by molar-refractivity contribution is 5.99. The number of hydrogen-bond acceptors (Lipinski definition) is 1. The van der Waals surface area contributed by atoms with E-state index in [4.69, 9.17) is 0 Å². The molecule has 0 N–H and O–H groups in total. The van der Waals surface area contributed by atoms with Gasteiger partial charge in [0.1, 0.15) is 0 Å². The van der Waals surface area contributed by atoms with E-state index in [2.05, 4.69) is 160 Å². The monoisotopic (exact) mass is 623 g/mol. The number of benzene rings is 6. The number of rotatable bonds is 6. The first-order chi connectivity index (χ1) is 23.4. The Balaban J connectivity index is 1.27. The summed E-state index contributed by atoms with van der Waals surface area (Å²) in [5.74, 6) is 2.95. The third kappa shape index (κ3) is 4.66. The van der Waals surface area contributed by atoms with Crippen molar-refractivity contribution in [3.63, 3.8) is 0 Å². The number of nitrogens with zero attached hydrogens (tertiary/aromatic N) is 1. The molecule has 2 fully saturated rings. The molecule has 2 bridgehead atoms. The van der Waals surface area contributed by atoms with Crippen molar-refractivity contribution in [3.8, 4) is 22.3 Å². The third-order valence-corrected chi connectivity index (χ3v) is 12.1. The van der Waals surface area contributed by atoms with E-state index in [1.54, 1.807) is 0 Å². The van der Waals surface area contributed by atoms with E-state index in [0.29, 0.717) is 5.92 Å². The summed E-state index contributed by atoms with van der Waals surface area (Å²) in [5.41, 5.74) is 14.6. The molecule has 3 aliphatic rings. The molecule has 1 nitrogen and oxygen atoms in total. The van der Waals surface area contributed by atoms with Crippen molar-refractivity contribution in [2.24, 2.45) is 11.8 Å². The largest absolute Gasteiger partial charge is 0.310 e. The molecule has 3 unspecified atom stereocenters. The molecule has 238 valence electrons. The van der Waals surface area contributed by atoms with Gasteiger partial charge in [-0.3, -0.25) is 0 Å². The summed E-state index contributed by atoms with van der Waals surface area (Å²) in [6.07, 6.45) is 5.65. The van der Waals surface area contributed by atoms with E-state index in [0.717, 1.165) is 17.8 Å². The van der Waals surface area contributed by atoms with E-state index < -0.39 is 0 Å². The van der Waals surface area contributed by atoms with Crippen LogP contribution in [0, 0.1) is 11.8 Å². The predicted octanol–water partition coefficient (Wildman–Crippen LogP) is 13.3. The van der Waals surface area contributed by atoms with Crippen molar-refractivity contribution in [2.75, 3.05) is 4.90 Å². The van der Waals surface area contributed by atoms with Crippen molar-refractivity contribution in [2.45, 2.75) is 70.6 Å². The summed E-state index contributed by atoms with van der Waals surface area (Å²) in [4.78, 5) is 2.54. The van der Waals surface area contributed by atoms with Crippen LogP contribution in [0.25, 0.3) is 33.0 Å². The molecule has 3 aliphatic carbocycles. The minimum Gasteiger partial charge on any atom is -0.310 e. The van der Waals surface area contributed by atoms with E-state index in [9.17, 15) is 0 Å². The fraction of sp³-hybridized carbons (Fsp3) is 0.277. The fourth-order valence-corrected chi connectivity index (χ4v) is 9.66. The molecule has 0 amide bonds. The van der Waals surface area contributed by atoms with Crippen molar-refractivity contribution in [1.29, 1.82) is 0 Å². The number of fused-ring (bicyclic) bond motifs is 6. The Hall–Kier alpha value is -4.62. The first-order valence-corrected chi connectivity index (χ1v) is 18.1. The predicted molar refractivity (Wildman–Crippen MR) is 204 cm³/mol. The minimum atomic E-state index is -0.0737. The summed E-state index contributed by atoms with van der Waals surface area (Å²) >= 11 is 0. The standard InChI is InChI=1S/C47H45N/c1-30(2)38-13-7-8-14-39(38)43-27-33-11-5-6-12-34(33)28-46(43)48(36-21-19-32(20-22-36)42-26-31-17-18-35(42)25-31)37-23-24-41-40-15-9-10-16-44(40)47(3,4)45(41)29-37/h5-16,19-24,27-31,35,42H,17-18,25-26H2,1-4H3. The van der Waals surface area contributed by atoms with Crippen molar-refractivity contribution in [3.05, 3.63) is 150 Å². The Morgan fingerprint density at radius 2 is 1.25 bits per heavy atom. The smallest absolute Gasteiger partial charge is 0.0546 e. The highest BCUT2D eigenvalue weighted by Gasteiger charge is 2.40. The molecule has 0 aliphatic heterocycles. The molecular formula is C47H45N. The van der Waals surface area contributed by atoms with E-state index in [1.807, 2.05) is 0 Å². The van der Waals surface area contributed by atoms with Crippen LogP contribution < -0.4 is 4.90 Å². The molecule has 0 radical (unpaired) electrons. The normalized spacial score (nSPS) is 20.3. The van der Waals surface area contributed by atoms with Gasteiger partial charge in [-0.15, -0.1) is 0 Å². The van der Waals surface area contributed by atoms with Gasteiger partial charge in [0, 0.05) is 22.4 Å².